The van der Waals surface area contributed by atoms with Crippen molar-refractivity contribution in [3.8, 4) is 5.75 Å². The molecule has 0 N–H and O–H groups in total. The lowest BCUT2D eigenvalue weighted by atomic mass is 10.1. The van der Waals surface area contributed by atoms with Gasteiger partial charge >= 0.3 is 0 Å². The zero-order valence-corrected chi connectivity index (χ0v) is 14.7. The molecule has 0 radical (unpaired) electrons. The van der Waals surface area contributed by atoms with E-state index < -0.39 is 0 Å². The lowest BCUT2D eigenvalue weighted by molar-refractivity contribution is 0.373. The van der Waals surface area contributed by atoms with Gasteiger partial charge in [0.2, 0.25) is 0 Å². The largest absolute Gasteiger partial charge is 0.485 e. The Balaban J connectivity index is 1.66. The molecule has 0 aliphatic carbocycles. The molecule has 4 nitrogen and oxygen atoms in total. The highest BCUT2D eigenvalue weighted by molar-refractivity contribution is 9.10. The van der Waals surface area contributed by atoms with Gasteiger partial charge in [0, 0.05) is 10.5 Å². The van der Waals surface area contributed by atoms with Crippen molar-refractivity contribution >= 4 is 49.4 Å². The molecule has 0 spiro atoms. The van der Waals surface area contributed by atoms with E-state index in [1.165, 1.54) is 0 Å². The fourth-order valence-corrected chi connectivity index (χ4v) is 3.22. The molecule has 1 aromatic heterocycles. The Labute approximate surface area is 152 Å². The molecular formula is C20H12BrN3O. The summed E-state index contributed by atoms with van der Waals surface area (Å²) in [5, 5.41) is 0. The van der Waals surface area contributed by atoms with Gasteiger partial charge < -0.3 is 4.74 Å². The van der Waals surface area contributed by atoms with Crippen molar-refractivity contribution in [3.63, 3.8) is 0 Å². The number of rotatable bonds is 1. The first kappa shape index (κ1) is 14.5. The zero-order chi connectivity index (χ0) is 16.8. The highest BCUT2D eigenvalue weighted by Crippen LogP contribution is 2.35. The van der Waals surface area contributed by atoms with Crippen molar-refractivity contribution in [3.05, 3.63) is 70.7 Å². The topological polar surface area (TPSA) is 47.4 Å². The smallest absolute Gasteiger partial charge is 0.147 e. The van der Waals surface area contributed by atoms with Gasteiger partial charge in [-0.3, -0.25) is 0 Å². The number of aromatic nitrogens is 2. The quantitative estimate of drug-likeness (QED) is 0.427. The van der Waals surface area contributed by atoms with Gasteiger partial charge in [-0.25, -0.2) is 15.0 Å². The number of ether oxygens (including phenoxy) is 1. The van der Waals surface area contributed by atoms with Crippen LogP contribution in [0.4, 0.5) is 5.69 Å². The second-order valence-electron chi connectivity index (χ2n) is 5.88. The molecular weight excluding hydrogens is 378 g/mol. The Hall–Kier alpha value is -2.79. The summed E-state index contributed by atoms with van der Waals surface area (Å²) in [6.45, 7) is 0.446. The molecule has 4 aromatic rings. The molecule has 0 unspecified atom stereocenters. The highest BCUT2D eigenvalue weighted by Gasteiger charge is 2.16. The van der Waals surface area contributed by atoms with E-state index in [0.717, 1.165) is 49.3 Å². The van der Waals surface area contributed by atoms with Gasteiger partial charge in [0.1, 0.15) is 18.0 Å². The minimum absolute atomic E-state index is 0.446. The molecule has 0 atom stereocenters. The Morgan fingerprint density at radius 2 is 1.48 bits per heavy atom. The fourth-order valence-electron chi connectivity index (χ4n) is 2.96. The van der Waals surface area contributed by atoms with Gasteiger partial charge in [-0.05, 0) is 35.9 Å². The molecule has 0 amide bonds. The van der Waals surface area contributed by atoms with Gasteiger partial charge in [0.15, 0.2) is 0 Å². The molecule has 0 saturated carbocycles. The number of halogens is 1. The third-order valence-electron chi connectivity index (χ3n) is 4.22. The average Bonchev–Trinajstić information content (AvgIpc) is 2.65. The van der Waals surface area contributed by atoms with E-state index in [4.69, 9.17) is 14.7 Å². The SMILES string of the molecule is Brc1ccc(C2=Nc3cc4nc5ccccc5nc4cc3OC2)cc1. The first-order valence-electron chi connectivity index (χ1n) is 7.93. The highest BCUT2D eigenvalue weighted by atomic mass is 79.9. The van der Waals surface area contributed by atoms with Gasteiger partial charge in [-0.1, -0.05) is 40.2 Å². The van der Waals surface area contributed by atoms with E-state index in [2.05, 4.69) is 20.9 Å². The summed E-state index contributed by atoms with van der Waals surface area (Å²) in [7, 11) is 0. The van der Waals surface area contributed by atoms with Crippen molar-refractivity contribution in [2.75, 3.05) is 6.61 Å². The predicted molar refractivity (Wildman–Crippen MR) is 103 cm³/mol. The van der Waals surface area contributed by atoms with E-state index >= 15 is 0 Å². The number of aliphatic imine (C=N–C) groups is 1. The summed E-state index contributed by atoms with van der Waals surface area (Å²) >= 11 is 3.46. The van der Waals surface area contributed by atoms with Crippen LogP contribution in [-0.2, 0) is 0 Å². The van der Waals surface area contributed by atoms with Crippen LogP contribution in [0.15, 0.2) is 70.1 Å². The standard InChI is InChI=1S/C20H12BrN3O/c21-13-7-5-12(6-8-13)19-11-25-20-10-17-16(9-18(20)24-19)22-14-3-1-2-4-15(14)23-17/h1-10H,11H2. The summed E-state index contributed by atoms with van der Waals surface area (Å²) in [6, 6.07) is 19.8. The summed E-state index contributed by atoms with van der Waals surface area (Å²) in [5.41, 5.74) is 6.16. The number of fused-ring (bicyclic) bond motifs is 3. The zero-order valence-electron chi connectivity index (χ0n) is 13.1. The van der Waals surface area contributed by atoms with Crippen molar-refractivity contribution in [2.45, 2.75) is 0 Å². The van der Waals surface area contributed by atoms with Crippen LogP contribution in [0.1, 0.15) is 5.56 Å². The van der Waals surface area contributed by atoms with Crippen LogP contribution in [0.5, 0.6) is 5.75 Å². The van der Waals surface area contributed by atoms with Crippen molar-refractivity contribution in [2.24, 2.45) is 4.99 Å². The molecule has 0 saturated heterocycles. The second kappa shape index (κ2) is 5.63. The van der Waals surface area contributed by atoms with Crippen LogP contribution in [-0.4, -0.2) is 22.3 Å². The van der Waals surface area contributed by atoms with E-state index in [1.807, 2.05) is 60.7 Å². The Morgan fingerprint density at radius 1 is 0.800 bits per heavy atom. The van der Waals surface area contributed by atoms with Crippen LogP contribution in [0.3, 0.4) is 0 Å². The number of para-hydroxylation sites is 2. The van der Waals surface area contributed by atoms with Crippen molar-refractivity contribution in [1.29, 1.82) is 0 Å². The molecule has 5 rings (SSSR count). The maximum absolute atomic E-state index is 5.93. The molecule has 0 bridgehead atoms. The van der Waals surface area contributed by atoms with Crippen molar-refractivity contribution < 1.29 is 4.74 Å². The van der Waals surface area contributed by atoms with Crippen LogP contribution in [0, 0.1) is 0 Å². The van der Waals surface area contributed by atoms with Gasteiger partial charge in [0.25, 0.3) is 0 Å². The van der Waals surface area contributed by atoms with E-state index in [0.29, 0.717) is 6.61 Å². The normalized spacial score (nSPS) is 13.4. The number of nitrogens with zero attached hydrogens (tertiary/aromatic N) is 3. The summed E-state index contributed by atoms with van der Waals surface area (Å²) in [6.07, 6.45) is 0. The van der Waals surface area contributed by atoms with Gasteiger partial charge in [0.05, 0.1) is 27.8 Å². The number of benzene rings is 3. The average molecular weight is 390 g/mol. The Bertz CT molecular complexity index is 1150. The number of hydrogen-bond donors (Lipinski definition) is 0. The molecule has 0 fully saturated rings. The van der Waals surface area contributed by atoms with Crippen LogP contribution in [0.2, 0.25) is 0 Å². The fraction of sp³-hybridized carbons (Fsp3) is 0.0500. The third kappa shape index (κ3) is 2.57. The van der Waals surface area contributed by atoms with Crippen LogP contribution >= 0.6 is 15.9 Å². The molecule has 1 aliphatic heterocycles. The number of hydrogen-bond acceptors (Lipinski definition) is 4. The summed E-state index contributed by atoms with van der Waals surface area (Å²) in [4.78, 5) is 14.2. The molecule has 25 heavy (non-hydrogen) atoms. The maximum Gasteiger partial charge on any atom is 0.147 e. The maximum atomic E-state index is 5.93. The van der Waals surface area contributed by atoms with Gasteiger partial charge in [-0.15, -0.1) is 0 Å². The first-order valence-corrected chi connectivity index (χ1v) is 8.72. The van der Waals surface area contributed by atoms with E-state index in [-0.39, 0.29) is 0 Å². The molecule has 3 aromatic carbocycles. The molecule has 1 aliphatic rings. The summed E-state index contributed by atoms with van der Waals surface area (Å²) in [5.74, 6) is 0.748. The summed E-state index contributed by atoms with van der Waals surface area (Å²) < 4.78 is 6.97. The second-order valence-corrected chi connectivity index (χ2v) is 6.79. The minimum Gasteiger partial charge on any atom is -0.485 e. The van der Waals surface area contributed by atoms with E-state index in [9.17, 15) is 0 Å². The first-order chi connectivity index (χ1) is 12.3. The third-order valence-corrected chi connectivity index (χ3v) is 4.75. The molecule has 120 valence electrons. The lowest BCUT2D eigenvalue weighted by Gasteiger charge is -2.17. The van der Waals surface area contributed by atoms with Gasteiger partial charge in [-0.2, -0.15) is 0 Å². The Morgan fingerprint density at radius 3 is 2.20 bits per heavy atom. The lowest BCUT2D eigenvalue weighted by Crippen LogP contribution is -2.16. The molecule has 5 heteroatoms. The molecule has 2 heterocycles. The van der Waals surface area contributed by atoms with Crippen molar-refractivity contribution in [1.82, 2.24) is 9.97 Å². The van der Waals surface area contributed by atoms with E-state index in [1.54, 1.807) is 0 Å². The Kier molecular flexibility index (Phi) is 3.28. The predicted octanol–water partition coefficient (Wildman–Crippen LogP) is 5.06. The van der Waals surface area contributed by atoms with Crippen LogP contribution < -0.4 is 4.74 Å². The monoisotopic (exact) mass is 389 g/mol. The minimum atomic E-state index is 0.446. The van der Waals surface area contributed by atoms with Crippen LogP contribution in [0.25, 0.3) is 22.1 Å².